The molecule has 2 aromatic carbocycles. The lowest BCUT2D eigenvalue weighted by Crippen LogP contribution is -2.54. The summed E-state index contributed by atoms with van der Waals surface area (Å²) in [7, 11) is 2.16. The van der Waals surface area contributed by atoms with Crippen molar-refractivity contribution in [1.29, 1.82) is 0 Å². The van der Waals surface area contributed by atoms with Gasteiger partial charge in [0, 0.05) is 31.2 Å². The van der Waals surface area contributed by atoms with Gasteiger partial charge in [-0.25, -0.2) is 0 Å². The van der Waals surface area contributed by atoms with Gasteiger partial charge in [0.1, 0.15) is 6.10 Å². The molecule has 2 saturated carbocycles. The minimum Gasteiger partial charge on any atom is -0.482 e. The van der Waals surface area contributed by atoms with E-state index in [0.29, 0.717) is 30.5 Å². The number of ether oxygens (including phenoxy) is 1. The number of hydrogen-bond acceptors (Lipinski definition) is 4. The minimum absolute atomic E-state index is 0.0318. The number of carbonyl (C=O) groups is 2. The van der Waals surface area contributed by atoms with Crippen molar-refractivity contribution in [1.82, 2.24) is 15.1 Å². The Morgan fingerprint density at radius 3 is 2.54 bits per heavy atom. The fourth-order valence-corrected chi connectivity index (χ4v) is 6.40. The van der Waals surface area contributed by atoms with Crippen LogP contribution in [0.25, 0.3) is 6.08 Å². The number of carbonyl (C=O) groups excluding carboxylic acids is 2. The molecule has 6 heteroatoms. The van der Waals surface area contributed by atoms with E-state index in [4.69, 9.17) is 4.74 Å². The van der Waals surface area contributed by atoms with Crippen molar-refractivity contribution in [3.05, 3.63) is 76.5 Å². The molecule has 2 unspecified atom stereocenters. The Balaban J connectivity index is 1.22. The molecule has 3 fully saturated rings. The lowest BCUT2D eigenvalue weighted by Gasteiger charge is -2.44. The van der Waals surface area contributed by atoms with Crippen LogP contribution in [0.15, 0.2) is 54.3 Å². The molecule has 0 spiro atoms. The molecule has 1 N–H and O–H groups in total. The monoisotopic (exact) mass is 529 g/mol. The van der Waals surface area contributed by atoms with Crippen LogP contribution in [0, 0.1) is 6.92 Å². The van der Waals surface area contributed by atoms with Crippen LogP contribution in [0.5, 0.6) is 0 Å². The molecular formula is C33H43N3O3. The highest BCUT2D eigenvalue weighted by molar-refractivity contribution is 5.97. The van der Waals surface area contributed by atoms with Gasteiger partial charge in [0.05, 0.1) is 6.04 Å². The first-order valence-corrected chi connectivity index (χ1v) is 14.8. The van der Waals surface area contributed by atoms with E-state index >= 15 is 0 Å². The maximum Gasteiger partial charge on any atom is 0.289 e. The maximum atomic E-state index is 13.6. The second kappa shape index (κ2) is 12.8. The number of rotatable bonds is 8. The Bertz CT molecular complexity index is 1170. The maximum absolute atomic E-state index is 13.6. The average Bonchev–Trinajstić information content (AvgIpc) is 2.96. The molecule has 2 atom stereocenters. The largest absolute Gasteiger partial charge is 0.482 e. The lowest BCUT2D eigenvalue weighted by molar-refractivity contribution is -0.149. The zero-order chi connectivity index (χ0) is 27.2. The van der Waals surface area contributed by atoms with Crippen molar-refractivity contribution in [2.75, 3.05) is 20.1 Å². The Morgan fingerprint density at radius 1 is 1.03 bits per heavy atom. The van der Waals surface area contributed by atoms with Crippen LogP contribution in [0.1, 0.15) is 84.8 Å². The van der Waals surface area contributed by atoms with Crippen LogP contribution >= 0.6 is 0 Å². The SMILES string of the molecule is Cc1cccc(CN2C(=O)/C(=C\c3ccc(C(=O)NCCN(C)C4CCCCC4)cc3)OC3CCCCC32)c1. The van der Waals surface area contributed by atoms with E-state index in [2.05, 4.69) is 48.5 Å². The third-order valence-corrected chi connectivity index (χ3v) is 8.67. The second-order valence-electron chi connectivity index (χ2n) is 11.6. The van der Waals surface area contributed by atoms with Crippen molar-refractivity contribution in [2.45, 2.75) is 89.4 Å². The summed E-state index contributed by atoms with van der Waals surface area (Å²) in [4.78, 5) is 30.7. The summed E-state index contributed by atoms with van der Waals surface area (Å²) in [6.07, 6.45) is 12.6. The first kappa shape index (κ1) is 27.4. The van der Waals surface area contributed by atoms with Crippen molar-refractivity contribution in [3.8, 4) is 0 Å². The van der Waals surface area contributed by atoms with E-state index < -0.39 is 0 Å². The number of fused-ring (bicyclic) bond motifs is 1. The third kappa shape index (κ3) is 6.91. The number of nitrogens with zero attached hydrogens (tertiary/aromatic N) is 2. The average molecular weight is 530 g/mol. The zero-order valence-electron chi connectivity index (χ0n) is 23.5. The first-order chi connectivity index (χ1) is 19.0. The van der Waals surface area contributed by atoms with Crippen LogP contribution in [0.4, 0.5) is 0 Å². The minimum atomic E-state index is -0.0642. The number of likely N-dealkylation sites (N-methyl/N-ethyl adjacent to an activating group) is 1. The van der Waals surface area contributed by atoms with Crippen LogP contribution in [-0.2, 0) is 16.1 Å². The molecule has 39 heavy (non-hydrogen) atoms. The molecule has 0 aromatic heterocycles. The highest BCUT2D eigenvalue weighted by atomic mass is 16.5. The summed E-state index contributed by atoms with van der Waals surface area (Å²) in [6.45, 7) is 4.18. The number of hydrogen-bond donors (Lipinski definition) is 1. The number of morpholine rings is 1. The number of aryl methyl sites for hydroxylation is 1. The van der Waals surface area contributed by atoms with E-state index in [1.165, 1.54) is 37.7 Å². The summed E-state index contributed by atoms with van der Waals surface area (Å²) in [5, 5.41) is 3.06. The predicted octanol–water partition coefficient (Wildman–Crippen LogP) is 5.70. The van der Waals surface area contributed by atoms with Gasteiger partial charge >= 0.3 is 0 Å². The standard InChI is InChI=1S/C33H43N3O3/c1-24-9-8-10-26(21-24)23-36-29-13-6-7-14-30(29)39-31(33(36)38)22-25-15-17-27(18-16-25)32(37)34-19-20-35(2)28-11-4-3-5-12-28/h8-10,15-18,21-22,28-30H,3-7,11-14,19-20,23H2,1-2H3,(H,34,37)/b31-22+. The molecule has 2 aromatic rings. The van der Waals surface area contributed by atoms with Gasteiger partial charge in [0.25, 0.3) is 11.8 Å². The number of benzene rings is 2. The van der Waals surface area contributed by atoms with E-state index in [9.17, 15) is 9.59 Å². The van der Waals surface area contributed by atoms with Crippen molar-refractivity contribution in [2.24, 2.45) is 0 Å². The first-order valence-electron chi connectivity index (χ1n) is 14.8. The van der Waals surface area contributed by atoms with Gasteiger partial charge in [-0.05, 0) is 75.4 Å². The van der Waals surface area contributed by atoms with Gasteiger partial charge < -0.3 is 19.9 Å². The van der Waals surface area contributed by atoms with Crippen molar-refractivity contribution >= 4 is 17.9 Å². The van der Waals surface area contributed by atoms with Crippen molar-refractivity contribution < 1.29 is 14.3 Å². The van der Waals surface area contributed by atoms with E-state index in [1.54, 1.807) is 0 Å². The highest BCUT2D eigenvalue weighted by Crippen LogP contribution is 2.34. The fraction of sp³-hybridized carbons (Fsp3) is 0.515. The molecule has 3 aliphatic rings. The molecular weight excluding hydrogens is 486 g/mol. The van der Waals surface area contributed by atoms with Gasteiger partial charge in [-0.15, -0.1) is 0 Å². The molecule has 2 amide bonds. The third-order valence-electron chi connectivity index (χ3n) is 8.67. The molecule has 6 nitrogen and oxygen atoms in total. The fourth-order valence-electron chi connectivity index (χ4n) is 6.40. The second-order valence-corrected chi connectivity index (χ2v) is 11.6. The lowest BCUT2D eigenvalue weighted by atomic mass is 9.89. The molecule has 2 aliphatic carbocycles. The quantitative estimate of drug-likeness (QED) is 0.446. The Morgan fingerprint density at radius 2 is 1.77 bits per heavy atom. The number of amides is 2. The summed E-state index contributed by atoms with van der Waals surface area (Å²) in [6, 6.07) is 16.6. The van der Waals surface area contributed by atoms with Crippen LogP contribution in [0.3, 0.4) is 0 Å². The molecule has 1 heterocycles. The van der Waals surface area contributed by atoms with Gasteiger partial charge in [-0.3, -0.25) is 9.59 Å². The molecule has 208 valence electrons. The van der Waals surface area contributed by atoms with Crippen LogP contribution in [0.2, 0.25) is 0 Å². The van der Waals surface area contributed by atoms with E-state index in [-0.39, 0.29) is 24.0 Å². The predicted molar refractivity (Wildman–Crippen MR) is 155 cm³/mol. The molecule has 5 rings (SSSR count). The van der Waals surface area contributed by atoms with Crippen LogP contribution < -0.4 is 5.32 Å². The Hall–Kier alpha value is -3.12. The summed E-state index contributed by atoms with van der Waals surface area (Å²) in [5.41, 5.74) is 3.83. The zero-order valence-corrected chi connectivity index (χ0v) is 23.5. The normalized spacial score (nSPS) is 23.0. The molecule has 0 radical (unpaired) electrons. The summed E-state index contributed by atoms with van der Waals surface area (Å²) >= 11 is 0. The Labute approximate surface area is 233 Å². The molecule has 1 saturated heterocycles. The van der Waals surface area contributed by atoms with E-state index in [0.717, 1.165) is 43.4 Å². The van der Waals surface area contributed by atoms with E-state index in [1.807, 2.05) is 35.2 Å². The number of nitrogens with one attached hydrogen (secondary N) is 1. The topological polar surface area (TPSA) is 61.9 Å². The summed E-state index contributed by atoms with van der Waals surface area (Å²) in [5.74, 6) is 0.280. The highest BCUT2D eigenvalue weighted by Gasteiger charge is 2.41. The molecule has 0 bridgehead atoms. The van der Waals surface area contributed by atoms with Gasteiger partial charge in [0.2, 0.25) is 0 Å². The summed E-state index contributed by atoms with van der Waals surface area (Å²) < 4.78 is 6.29. The Kier molecular flexibility index (Phi) is 9.02. The van der Waals surface area contributed by atoms with Gasteiger partial charge in [-0.1, -0.05) is 67.6 Å². The van der Waals surface area contributed by atoms with Gasteiger partial charge in [-0.2, -0.15) is 0 Å². The molecule has 1 aliphatic heterocycles. The van der Waals surface area contributed by atoms with Gasteiger partial charge in [0.15, 0.2) is 5.76 Å². The van der Waals surface area contributed by atoms with Crippen molar-refractivity contribution in [3.63, 3.8) is 0 Å². The smallest absolute Gasteiger partial charge is 0.289 e. The van der Waals surface area contributed by atoms with Crippen LogP contribution in [-0.4, -0.2) is 59.9 Å².